The number of amides is 1. The van der Waals surface area contributed by atoms with Crippen molar-refractivity contribution in [1.82, 2.24) is 14.8 Å². The summed E-state index contributed by atoms with van der Waals surface area (Å²) in [5.41, 5.74) is 1.01. The van der Waals surface area contributed by atoms with E-state index < -0.39 is 6.10 Å². The highest BCUT2D eigenvalue weighted by Gasteiger charge is 2.27. The highest BCUT2D eigenvalue weighted by molar-refractivity contribution is 5.85. The summed E-state index contributed by atoms with van der Waals surface area (Å²) >= 11 is 0. The van der Waals surface area contributed by atoms with Crippen molar-refractivity contribution in [3.8, 4) is 5.75 Å². The molecule has 2 aromatic rings. The normalized spacial score (nSPS) is 17.4. The van der Waals surface area contributed by atoms with Crippen molar-refractivity contribution in [2.75, 3.05) is 32.9 Å². The van der Waals surface area contributed by atoms with Gasteiger partial charge in [0.1, 0.15) is 18.5 Å². The Morgan fingerprint density at radius 3 is 3.05 bits per heavy atom. The Balaban J connectivity index is 1.53. The number of carbonyl (C=O) groups is 1. The first-order valence-electron chi connectivity index (χ1n) is 7.54. The second-order valence-electron chi connectivity index (χ2n) is 5.56. The van der Waals surface area contributed by atoms with E-state index in [4.69, 9.17) is 4.74 Å². The fourth-order valence-electron chi connectivity index (χ4n) is 2.78. The molecule has 2 heterocycles. The van der Waals surface area contributed by atoms with E-state index in [1.165, 1.54) is 0 Å². The number of rotatable bonds is 6. The molecule has 0 unspecified atom stereocenters. The number of carbonyl (C=O) groups excluding carboxylic acids is 1. The van der Waals surface area contributed by atoms with Crippen LogP contribution in [-0.4, -0.2) is 64.8 Å². The number of H-pyrrole nitrogens is 1. The summed E-state index contributed by atoms with van der Waals surface area (Å²) in [5.74, 6) is 0.873. The number of likely N-dealkylation sites (N-methyl/N-ethyl adjacent to an activating group) is 1. The number of aromatic amines is 1. The molecule has 6 nitrogen and oxygen atoms in total. The summed E-state index contributed by atoms with van der Waals surface area (Å²) in [4.78, 5) is 18.5. The molecule has 1 atom stereocenters. The van der Waals surface area contributed by atoms with Gasteiger partial charge in [-0.15, -0.1) is 0 Å². The summed E-state index contributed by atoms with van der Waals surface area (Å²) in [7, 11) is 0. The lowest BCUT2D eigenvalue weighted by molar-refractivity contribution is -0.126. The highest BCUT2D eigenvalue weighted by Crippen LogP contribution is 2.24. The molecule has 1 amide bonds. The van der Waals surface area contributed by atoms with E-state index in [0.717, 1.165) is 16.7 Å². The molecule has 6 heteroatoms. The summed E-state index contributed by atoms with van der Waals surface area (Å²) in [6.07, 6.45) is 1.24. The van der Waals surface area contributed by atoms with Gasteiger partial charge in [-0.05, 0) is 25.1 Å². The number of fused-ring (bicyclic) bond motifs is 1. The van der Waals surface area contributed by atoms with Gasteiger partial charge in [0.2, 0.25) is 5.91 Å². The molecule has 1 fully saturated rings. The van der Waals surface area contributed by atoms with E-state index in [0.29, 0.717) is 26.3 Å². The van der Waals surface area contributed by atoms with Gasteiger partial charge >= 0.3 is 0 Å². The lowest BCUT2D eigenvalue weighted by atomic mass is 10.2. The van der Waals surface area contributed by atoms with Gasteiger partial charge in [-0.2, -0.15) is 0 Å². The van der Waals surface area contributed by atoms with Crippen molar-refractivity contribution >= 4 is 16.8 Å². The number of aliphatic hydroxyl groups excluding tert-OH is 1. The third-order valence-corrected chi connectivity index (χ3v) is 3.92. The molecule has 1 aromatic carbocycles. The maximum atomic E-state index is 11.7. The van der Waals surface area contributed by atoms with Crippen LogP contribution in [0.25, 0.3) is 10.9 Å². The zero-order valence-corrected chi connectivity index (χ0v) is 12.7. The van der Waals surface area contributed by atoms with Crippen LogP contribution in [0.5, 0.6) is 5.75 Å². The monoisotopic (exact) mass is 303 g/mol. The van der Waals surface area contributed by atoms with Gasteiger partial charge in [-0.25, -0.2) is 0 Å². The molecule has 118 valence electrons. The van der Waals surface area contributed by atoms with E-state index in [1.807, 2.05) is 42.3 Å². The van der Waals surface area contributed by atoms with Crippen molar-refractivity contribution in [3.63, 3.8) is 0 Å². The Bertz CT molecular complexity index is 655. The van der Waals surface area contributed by atoms with Crippen LogP contribution >= 0.6 is 0 Å². The van der Waals surface area contributed by atoms with E-state index >= 15 is 0 Å². The largest absolute Gasteiger partial charge is 0.490 e. The van der Waals surface area contributed by atoms with Gasteiger partial charge in [-0.3, -0.25) is 9.69 Å². The fraction of sp³-hybridized carbons (Fsp3) is 0.438. The number of aliphatic hydroxyl groups is 1. The van der Waals surface area contributed by atoms with Gasteiger partial charge in [-0.1, -0.05) is 6.07 Å². The van der Waals surface area contributed by atoms with Crippen molar-refractivity contribution < 1.29 is 14.6 Å². The first-order chi connectivity index (χ1) is 10.7. The predicted octanol–water partition coefficient (Wildman–Crippen LogP) is 1.03. The number of aromatic nitrogens is 1. The van der Waals surface area contributed by atoms with Crippen LogP contribution in [-0.2, 0) is 4.79 Å². The molecule has 0 saturated carbocycles. The molecule has 1 aliphatic rings. The van der Waals surface area contributed by atoms with Gasteiger partial charge < -0.3 is 19.7 Å². The third-order valence-electron chi connectivity index (χ3n) is 3.92. The fourth-order valence-corrected chi connectivity index (χ4v) is 2.78. The van der Waals surface area contributed by atoms with Gasteiger partial charge in [0, 0.05) is 30.2 Å². The molecule has 0 bridgehead atoms. The average molecular weight is 303 g/mol. The Morgan fingerprint density at radius 2 is 2.27 bits per heavy atom. The molecule has 1 aliphatic heterocycles. The molecule has 3 rings (SSSR count). The lowest BCUT2D eigenvalue weighted by Crippen LogP contribution is -2.35. The summed E-state index contributed by atoms with van der Waals surface area (Å²) in [6.45, 7) is 4.26. The Kier molecular flexibility index (Phi) is 4.31. The SMILES string of the molecule is CCN1CN(C[C@H](O)COc2cccc3[nH]ccc23)CC1=O. The van der Waals surface area contributed by atoms with E-state index in [-0.39, 0.29) is 12.5 Å². The lowest BCUT2D eigenvalue weighted by Gasteiger charge is -2.20. The maximum Gasteiger partial charge on any atom is 0.237 e. The Morgan fingerprint density at radius 1 is 1.41 bits per heavy atom. The number of β-amino-alcohol motifs (C(OH)–C–C–N with tert-alkyl or cyclic N) is 1. The molecule has 0 spiro atoms. The number of nitrogens with zero attached hydrogens (tertiary/aromatic N) is 2. The van der Waals surface area contributed by atoms with Crippen molar-refractivity contribution in [2.24, 2.45) is 0 Å². The topological polar surface area (TPSA) is 68.8 Å². The molecule has 1 saturated heterocycles. The number of ether oxygens (including phenoxy) is 1. The Labute approximate surface area is 129 Å². The first kappa shape index (κ1) is 14.9. The van der Waals surface area contributed by atoms with Gasteiger partial charge in [0.25, 0.3) is 0 Å². The number of hydrogen-bond donors (Lipinski definition) is 2. The van der Waals surface area contributed by atoms with Crippen LogP contribution in [0.4, 0.5) is 0 Å². The molecule has 0 radical (unpaired) electrons. The summed E-state index contributed by atoms with van der Waals surface area (Å²) < 4.78 is 5.73. The molecule has 1 aromatic heterocycles. The van der Waals surface area contributed by atoms with E-state index in [2.05, 4.69) is 4.98 Å². The van der Waals surface area contributed by atoms with Crippen LogP contribution in [0.15, 0.2) is 30.5 Å². The van der Waals surface area contributed by atoms with E-state index in [9.17, 15) is 9.90 Å². The van der Waals surface area contributed by atoms with Gasteiger partial charge in [0.15, 0.2) is 0 Å². The number of benzene rings is 1. The third kappa shape index (κ3) is 3.08. The average Bonchev–Trinajstić information content (AvgIpc) is 3.11. The van der Waals surface area contributed by atoms with Crippen LogP contribution < -0.4 is 4.74 Å². The van der Waals surface area contributed by atoms with Crippen molar-refractivity contribution in [2.45, 2.75) is 13.0 Å². The number of nitrogens with one attached hydrogen (secondary N) is 1. The van der Waals surface area contributed by atoms with Crippen LogP contribution in [0.1, 0.15) is 6.92 Å². The summed E-state index contributed by atoms with van der Waals surface area (Å²) in [6, 6.07) is 7.74. The predicted molar refractivity (Wildman–Crippen MR) is 83.6 cm³/mol. The molecule has 0 aliphatic carbocycles. The van der Waals surface area contributed by atoms with E-state index in [1.54, 1.807) is 4.90 Å². The smallest absolute Gasteiger partial charge is 0.237 e. The van der Waals surface area contributed by atoms with Crippen LogP contribution in [0.3, 0.4) is 0 Å². The first-order valence-corrected chi connectivity index (χ1v) is 7.54. The number of hydrogen-bond acceptors (Lipinski definition) is 4. The highest BCUT2D eigenvalue weighted by atomic mass is 16.5. The summed E-state index contributed by atoms with van der Waals surface area (Å²) in [5, 5.41) is 11.1. The second-order valence-corrected chi connectivity index (χ2v) is 5.56. The Hall–Kier alpha value is -2.05. The standard InChI is InChI=1S/C16H21N3O3/c1-2-19-11-18(9-16(19)21)8-12(20)10-22-15-5-3-4-14-13(15)6-7-17-14/h3-7,12,17,20H,2,8-11H2,1H3/t12-/m0/s1. The molecular formula is C16H21N3O3. The van der Waals surface area contributed by atoms with Crippen molar-refractivity contribution in [3.05, 3.63) is 30.5 Å². The van der Waals surface area contributed by atoms with Crippen LogP contribution in [0.2, 0.25) is 0 Å². The second kappa shape index (κ2) is 6.37. The van der Waals surface area contributed by atoms with Gasteiger partial charge in [0.05, 0.1) is 13.2 Å². The minimum atomic E-state index is -0.626. The molecule has 2 N–H and O–H groups in total. The maximum absolute atomic E-state index is 11.7. The molecular weight excluding hydrogens is 282 g/mol. The minimum Gasteiger partial charge on any atom is -0.490 e. The van der Waals surface area contributed by atoms with Crippen LogP contribution in [0, 0.1) is 0 Å². The quantitative estimate of drug-likeness (QED) is 0.836. The zero-order chi connectivity index (χ0) is 15.5. The minimum absolute atomic E-state index is 0.118. The van der Waals surface area contributed by atoms with Crippen molar-refractivity contribution in [1.29, 1.82) is 0 Å². The zero-order valence-electron chi connectivity index (χ0n) is 12.7. The molecule has 22 heavy (non-hydrogen) atoms.